The molecule has 114 valence electrons. The highest BCUT2D eigenvalue weighted by Gasteiger charge is 2.12. The first-order valence-corrected chi connectivity index (χ1v) is 8.25. The van der Waals surface area contributed by atoms with Gasteiger partial charge in [-0.15, -0.1) is 0 Å². The summed E-state index contributed by atoms with van der Waals surface area (Å²) in [6.45, 7) is 0.498. The molecule has 0 saturated heterocycles. The molecule has 0 radical (unpaired) electrons. The fourth-order valence-electron chi connectivity index (χ4n) is 2.32. The van der Waals surface area contributed by atoms with E-state index < -0.39 is 0 Å². The van der Waals surface area contributed by atoms with Crippen LogP contribution in [0.15, 0.2) is 52.9 Å². The Hall–Kier alpha value is -1.94. The van der Waals surface area contributed by atoms with Crippen molar-refractivity contribution in [2.75, 3.05) is 12.4 Å². The molecule has 0 spiro atoms. The van der Waals surface area contributed by atoms with Gasteiger partial charge in [0.05, 0.1) is 7.11 Å². The molecule has 0 aliphatic carbocycles. The number of hydrogen-bond acceptors (Lipinski definition) is 3. The van der Waals surface area contributed by atoms with Crippen LogP contribution >= 0.6 is 15.9 Å². The van der Waals surface area contributed by atoms with Crippen molar-refractivity contribution in [3.63, 3.8) is 0 Å². The molecule has 4 heteroatoms. The van der Waals surface area contributed by atoms with E-state index in [1.807, 2.05) is 48.5 Å². The van der Waals surface area contributed by atoms with Gasteiger partial charge in [-0.25, -0.2) is 0 Å². The number of furan rings is 1. The minimum Gasteiger partial charge on any atom is -0.497 e. The van der Waals surface area contributed by atoms with Crippen molar-refractivity contribution in [1.82, 2.24) is 0 Å². The third-order valence-electron chi connectivity index (χ3n) is 3.42. The largest absolute Gasteiger partial charge is 0.497 e. The average Bonchev–Trinajstić information content (AvgIpc) is 2.96. The van der Waals surface area contributed by atoms with Gasteiger partial charge in [-0.05, 0) is 17.7 Å². The van der Waals surface area contributed by atoms with E-state index in [4.69, 9.17) is 13.9 Å². The second-order valence-corrected chi connectivity index (χ2v) is 5.76. The Morgan fingerprint density at radius 3 is 2.64 bits per heavy atom. The van der Waals surface area contributed by atoms with E-state index in [9.17, 15) is 0 Å². The highest BCUT2D eigenvalue weighted by atomic mass is 79.9. The third kappa shape index (κ3) is 3.28. The summed E-state index contributed by atoms with van der Waals surface area (Å²) in [5, 5.41) is 1.86. The summed E-state index contributed by atoms with van der Waals surface area (Å²) in [5.41, 5.74) is 1.89. The van der Waals surface area contributed by atoms with Gasteiger partial charge in [-0.1, -0.05) is 46.3 Å². The van der Waals surface area contributed by atoms with Gasteiger partial charge >= 0.3 is 0 Å². The lowest BCUT2D eigenvalue weighted by Crippen LogP contribution is -1.96. The van der Waals surface area contributed by atoms with Gasteiger partial charge < -0.3 is 13.9 Å². The predicted octanol–water partition coefficient (Wildman–Crippen LogP) is 4.96. The predicted molar refractivity (Wildman–Crippen MR) is 91.0 cm³/mol. The van der Waals surface area contributed by atoms with Gasteiger partial charge in [-0.2, -0.15) is 0 Å². The third-order valence-corrected chi connectivity index (χ3v) is 3.82. The number of halogens is 1. The molecule has 1 aromatic heterocycles. The Balaban J connectivity index is 1.92. The van der Waals surface area contributed by atoms with Crippen LogP contribution in [0.1, 0.15) is 11.3 Å². The molecule has 0 saturated carbocycles. The van der Waals surface area contributed by atoms with Crippen molar-refractivity contribution in [3.05, 3.63) is 59.9 Å². The van der Waals surface area contributed by atoms with Gasteiger partial charge in [0.1, 0.15) is 18.1 Å². The molecule has 0 aliphatic rings. The maximum absolute atomic E-state index is 5.95. The normalized spacial score (nSPS) is 10.8. The van der Waals surface area contributed by atoms with E-state index in [1.54, 1.807) is 7.11 Å². The van der Waals surface area contributed by atoms with Crippen molar-refractivity contribution in [3.8, 4) is 11.5 Å². The van der Waals surface area contributed by atoms with E-state index in [2.05, 4.69) is 15.9 Å². The molecule has 0 unspecified atom stereocenters. The van der Waals surface area contributed by atoms with Crippen LogP contribution in [0.4, 0.5) is 0 Å². The van der Waals surface area contributed by atoms with Crippen molar-refractivity contribution >= 4 is 26.9 Å². The first kappa shape index (κ1) is 15.0. The number of hydrogen-bond donors (Lipinski definition) is 0. The van der Waals surface area contributed by atoms with Crippen molar-refractivity contribution in [2.24, 2.45) is 0 Å². The Morgan fingerprint density at radius 2 is 1.91 bits per heavy atom. The molecule has 2 aromatic carbocycles. The topological polar surface area (TPSA) is 31.6 Å². The molecule has 3 nitrogen and oxygen atoms in total. The lowest BCUT2D eigenvalue weighted by atomic mass is 10.2. The smallest absolute Gasteiger partial charge is 0.176 e. The van der Waals surface area contributed by atoms with Crippen molar-refractivity contribution < 1.29 is 13.9 Å². The van der Waals surface area contributed by atoms with Gasteiger partial charge in [0, 0.05) is 23.2 Å². The van der Waals surface area contributed by atoms with Crippen LogP contribution in [0.25, 0.3) is 11.0 Å². The van der Waals surface area contributed by atoms with Crippen LogP contribution in [0, 0.1) is 0 Å². The second-order valence-electron chi connectivity index (χ2n) is 4.97. The maximum Gasteiger partial charge on any atom is 0.176 e. The summed E-state index contributed by atoms with van der Waals surface area (Å²) in [4.78, 5) is 0. The number of aryl methyl sites for hydroxylation is 1. The van der Waals surface area contributed by atoms with E-state index in [0.29, 0.717) is 12.4 Å². The van der Waals surface area contributed by atoms with E-state index in [1.165, 1.54) is 0 Å². The Labute approximate surface area is 138 Å². The van der Waals surface area contributed by atoms with E-state index in [0.717, 1.165) is 39.8 Å². The minimum atomic E-state index is 0.498. The molecule has 0 aliphatic heterocycles. The van der Waals surface area contributed by atoms with Crippen LogP contribution in [-0.4, -0.2) is 12.4 Å². The number of rotatable bonds is 6. The fourth-order valence-corrected chi connectivity index (χ4v) is 2.72. The summed E-state index contributed by atoms with van der Waals surface area (Å²) in [6.07, 6.45) is 0.842. The monoisotopic (exact) mass is 360 g/mol. The van der Waals surface area contributed by atoms with Gasteiger partial charge in [0.2, 0.25) is 0 Å². The highest BCUT2D eigenvalue weighted by molar-refractivity contribution is 9.09. The molecule has 3 aromatic rings. The van der Waals surface area contributed by atoms with Gasteiger partial charge in [0.25, 0.3) is 0 Å². The molecule has 0 N–H and O–H groups in total. The lowest BCUT2D eigenvalue weighted by molar-refractivity contribution is 0.302. The SMILES string of the molecule is COc1cc(OCc2ccccc2)c2oc(CCBr)cc2c1. The maximum atomic E-state index is 5.95. The number of alkyl halides is 1. The van der Waals surface area contributed by atoms with Gasteiger partial charge in [0.15, 0.2) is 11.3 Å². The minimum absolute atomic E-state index is 0.498. The van der Waals surface area contributed by atoms with Crippen LogP contribution in [0.3, 0.4) is 0 Å². The standard InChI is InChI=1S/C18H17BrO3/c1-20-16-10-14-9-15(7-8-19)22-18(14)17(11-16)21-12-13-5-3-2-4-6-13/h2-6,9-11H,7-8,12H2,1H3. The van der Waals surface area contributed by atoms with E-state index in [-0.39, 0.29) is 0 Å². The zero-order valence-electron chi connectivity index (χ0n) is 12.3. The van der Waals surface area contributed by atoms with Crippen LogP contribution in [0.5, 0.6) is 11.5 Å². The second kappa shape index (κ2) is 6.88. The first-order valence-electron chi connectivity index (χ1n) is 7.13. The Kier molecular flexibility index (Phi) is 4.68. The molecular weight excluding hydrogens is 344 g/mol. The summed E-state index contributed by atoms with van der Waals surface area (Å²) in [6, 6.07) is 15.9. The van der Waals surface area contributed by atoms with Crippen molar-refractivity contribution in [1.29, 1.82) is 0 Å². The first-order chi connectivity index (χ1) is 10.8. The quantitative estimate of drug-likeness (QED) is 0.582. The molecule has 0 bridgehead atoms. The number of benzene rings is 2. The highest BCUT2D eigenvalue weighted by Crippen LogP contribution is 2.34. The number of ether oxygens (including phenoxy) is 2. The summed E-state index contributed by atoms with van der Waals surface area (Å²) >= 11 is 3.44. The van der Waals surface area contributed by atoms with Gasteiger partial charge in [-0.3, -0.25) is 0 Å². The summed E-state index contributed by atoms with van der Waals surface area (Å²) in [5.74, 6) is 2.41. The number of fused-ring (bicyclic) bond motifs is 1. The molecule has 22 heavy (non-hydrogen) atoms. The van der Waals surface area contributed by atoms with Crippen LogP contribution in [0.2, 0.25) is 0 Å². The number of methoxy groups -OCH3 is 1. The Bertz CT molecular complexity index is 750. The molecule has 3 rings (SSSR count). The average molecular weight is 361 g/mol. The lowest BCUT2D eigenvalue weighted by Gasteiger charge is -2.08. The fraction of sp³-hybridized carbons (Fsp3) is 0.222. The molecular formula is C18H17BrO3. The Morgan fingerprint density at radius 1 is 1.09 bits per heavy atom. The zero-order chi connectivity index (χ0) is 15.4. The molecule has 0 amide bonds. The molecule has 0 fully saturated rings. The summed E-state index contributed by atoms with van der Waals surface area (Å²) in [7, 11) is 1.65. The van der Waals surface area contributed by atoms with Crippen LogP contribution < -0.4 is 9.47 Å². The van der Waals surface area contributed by atoms with Crippen LogP contribution in [-0.2, 0) is 13.0 Å². The van der Waals surface area contributed by atoms with E-state index >= 15 is 0 Å². The summed E-state index contributed by atoms with van der Waals surface area (Å²) < 4.78 is 17.2. The molecule has 1 heterocycles. The van der Waals surface area contributed by atoms with Crippen molar-refractivity contribution in [2.45, 2.75) is 13.0 Å². The molecule has 0 atom stereocenters. The zero-order valence-corrected chi connectivity index (χ0v) is 13.9.